The van der Waals surface area contributed by atoms with Crippen molar-refractivity contribution in [1.82, 2.24) is 19.7 Å². The molecule has 1 fully saturated rings. The first-order chi connectivity index (χ1) is 8.70. The van der Waals surface area contributed by atoms with Gasteiger partial charge in [-0.25, -0.2) is 9.97 Å². The van der Waals surface area contributed by atoms with Crippen LogP contribution in [0.3, 0.4) is 0 Å². The van der Waals surface area contributed by atoms with E-state index in [9.17, 15) is 4.79 Å². The number of aromatic nitrogens is 4. The number of carbonyl (C=O) groups is 1. The lowest BCUT2D eigenvalue weighted by Gasteiger charge is -2.15. The smallest absolute Gasteiger partial charge is 0.228 e. The Morgan fingerprint density at radius 2 is 2.33 bits per heavy atom. The van der Waals surface area contributed by atoms with E-state index < -0.39 is 0 Å². The summed E-state index contributed by atoms with van der Waals surface area (Å²) in [6.07, 6.45) is 3.45. The Morgan fingerprint density at radius 1 is 1.50 bits per heavy atom. The molecule has 0 spiro atoms. The first-order valence-corrected chi connectivity index (χ1v) is 5.74. The van der Waals surface area contributed by atoms with Gasteiger partial charge in [0.1, 0.15) is 12.1 Å². The van der Waals surface area contributed by atoms with Gasteiger partial charge in [-0.1, -0.05) is 0 Å². The predicted octanol–water partition coefficient (Wildman–Crippen LogP) is -0.292. The Balaban J connectivity index is 2.07. The van der Waals surface area contributed by atoms with Gasteiger partial charge in [0.05, 0.1) is 11.6 Å². The Hall–Kier alpha value is -2.02. The molecule has 1 unspecified atom stereocenters. The highest BCUT2D eigenvalue weighted by Crippen LogP contribution is 2.28. The zero-order valence-electron chi connectivity index (χ0n) is 9.94. The summed E-state index contributed by atoms with van der Waals surface area (Å²) >= 11 is 0. The maximum absolute atomic E-state index is 11.9. The van der Waals surface area contributed by atoms with Crippen molar-refractivity contribution in [1.29, 1.82) is 0 Å². The van der Waals surface area contributed by atoms with Gasteiger partial charge >= 0.3 is 0 Å². The van der Waals surface area contributed by atoms with E-state index in [1.807, 2.05) is 0 Å². The molecule has 0 saturated carbocycles. The van der Waals surface area contributed by atoms with E-state index in [1.165, 1.54) is 6.33 Å². The lowest BCUT2D eigenvalue weighted by atomic mass is 10.1. The number of hydrogen-bond acceptors (Lipinski definition) is 5. The molecular weight excluding hydrogens is 234 g/mol. The highest BCUT2D eigenvalue weighted by Gasteiger charge is 2.32. The summed E-state index contributed by atoms with van der Waals surface area (Å²) in [7, 11) is 1.79. The number of fused-ring (bicyclic) bond motifs is 1. The summed E-state index contributed by atoms with van der Waals surface area (Å²) < 4.78 is 1.64. The van der Waals surface area contributed by atoms with Crippen molar-refractivity contribution in [3.63, 3.8) is 0 Å². The van der Waals surface area contributed by atoms with E-state index in [0.717, 1.165) is 5.39 Å². The van der Waals surface area contributed by atoms with Crippen LogP contribution < -0.4 is 4.90 Å². The molecule has 1 N–H and O–H groups in total. The van der Waals surface area contributed by atoms with E-state index in [0.29, 0.717) is 24.4 Å². The Morgan fingerprint density at radius 3 is 3.06 bits per heavy atom. The Bertz CT molecular complexity index is 608. The molecule has 18 heavy (non-hydrogen) atoms. The molecule has 94 valence electrons. The minimum absolute atomic E-state index is 0.0146. The first kappa shape index (κ1) is 11.1. The number of hydrogen-bond donors (Lipinski definition) is 1. The minimum Gasteiger partial charge on any atom is -0.396 e. The Labute approximate surface area is 103 Å². The highest BCUT2D eigenvalue weighted by atomic mass is 16.3. The molecule has 1 aliphatic rings. The molecule has 3 heterocycles. The predicted molar refractivity (Wildman–Crippen MR) is 63.8 cm³/mol. The molecule has 1 saturated heterocycles. The normalized spacial score (nSPS) is 20.0. The van der Waals surface area contributed by atoms with Gasteiger partial charge < -0.3 is 5.11 Å². The van der Waals surface area contributed by atoms with Gasteiger partial charge in [-0.3, -0.25) is 14.4 Å². The molecule has 2 aromatic rings. The molecule has 7 heteroatoms. The largest absolute Gasteiger partial charge is 0.396 e. The number of aliphatic hydroxyl groups excluding tert-OH is 1. The fourth-order valence-electron chi connectivity index (χ4n) is 2.27. The third kappa shape index (κ3) is 1.55. The number of aryl methyl sites for hydroxylation is 1. The minimum atomic E-state index is -0.0158. The van der Waals surface area contributed by atoms with Crippen LogP contribution in [0.1, 0.15) is 6.42 Å². The maximum Gasteiger partial charge on any atom is 0.228 e. The molecule has 3 rings (SSSR count). The summed E-state index contributed by atoms with van der Waals surface area (Å²) in [4.78, 5) is 21.8. The lowest BCUT2D eigenvalue weighted by molar-refractivity contribution is -0.117. The molecule has 1 amide bonds. The molecule has 2 aromatic heterocycles. The zero-order valence-corrected chi connectivity index (χ0v) is 9.94. The molecule has 0 radical (unpaired) electrons. The van der Waals surface area contributed by atoms with E-state index >= 15 is 0 Å². The average molecular weight is 247 g/mol. The molecule has 1 aliphatic heterocycles. The maximum atomic E-state index is 11.9. The molecule has 1 atom stereocenters. The molecule has 0 aliphatic carbocycles. The monoisotopic (exact) mass is 247 g/mol. The van der Waals surface area contributed by atoms with Gasteiger partial charge in [0.2, 0.25) is 5.91 Å². The highest BCUT2D eigenvalue weighted by molar-refractivity contribution is 6.01. The van der Waals surface area contributed by atoms with Crippen molar-refractivity contribution in [2.75, 3.05) is 18.1 Å². The van der Waals surface area contributed by atoms with Gasteiger partial charge in [0, 0.05) is 32.5 Å². The van der Waals surface area contributed by atoms with Gasteiger partial charge in [0.15, 0.2) is 5.65 Å². The quantitative estimate of drug-likeness (QED) is 0.788. The summed E-state index contributed by atoms with van der Waals surface area (Å²) in [6.45, 7) is 0.514. The summed E-state index contributed by atoms with van der Waals surface area (Å²) in [6, 6.07) is 0. The van der Waals surface area contributed by atoms with Crippen LogP contribution in [0.15, 0.2) is 12.5 Å². The van der Waals surface area contributed by atoms with Crippen LogP contribution in [-0.2, 0) is 11.8 Å². The van der Waals surface area contributed by atoms with Crippen LogP contribution >= 0.6 is 0 Å². The summed E-state index contributed by atoms with van der Waals surface area (Å²) in [5.41, 5.74) is 0.695. The van der Waals surface area contributed by atoms with E-state index in [4.69, 9.17) is 5.11 Å². The van der Waals surface area contributed by atoms with Crippen LogP contribution in [-0.4, -0.2) is 43.9 Å². The Kier molecular flexibility index (Phi) is 2.48. The van der Waals surface area contributed by atoms with Gasteiger partial charge in [0.25, 0.3) is 0 Å². The average Bonchev–Trinajstić information content (AvgIpc) is 2.93. The van der Waals surface area contributed by atoms with Crippen molar-refractivity contribution in [2.45, 2.75) is 6.42 Å². The van der Waals surface area contributed by atoms with Crippen LogP contribution in [0.2, 0.25) is 0 Å². The lowest BCUT2D eigenvalue weighted by Crippen LogP contribution is -2.26. The van der Waals surface area contributed by atoms with Gasteiger partial charge in [-0.2, -0.15) is 5.10 Å². The number of aliphatic hydroxyl groups is 1. The van der Waals surface area contributed by atoms with Crippen molar-refractivity contribution in [3.8, 4) is 0 Å². The second-order valence-electron chi connectivity index (χ2n) is 4.46. The van der Waals surface area contributed by atoms with Crippen molar-refractivity contribution in [2.24, 2.45) is 13.0 Å². The molecule has 0 aromatic carbocycles. The van der Waals surface area contributed by atoms with Crippen molar-refractivity contribution < 1.29 is 9.90 Å². The first-order valence-electron chi connectivity index (χ1n) is 5.74. The van der Waals surface area contributed by atoms with Crippen molar-refractivity contribution in [3.05, 3.63) is 12.5 Å². The van der Waals surface area contributed by atoms with Crippen LogP contribution in [0.25, 0.3) is 11.0 Å². The number of nitrogens with zero attached hydrogens (tertiary/aromatic N) is 5. The second kappa shape index (κ2) is 4.02. The topological polar surface area (TPSA) is 84.1 Å². The van der Waals surface area contributed by atoms with Crippen LogP contribution in [0.5, 0.6) is 0 Å². The fraction of sp³-hybridized carbons (Fsp3) is 0.455. The fourth-order valence-corrected chi connectivity index (χ4v) is 2.27. The number of carbonyl (C=O) groups excluding carboxylic acids is 1. The van der Waals surface area contributed by atoms with E-state index in [2.05, 4.69) is 15.1 Å². The molecule has 0 bridgehead atoms. The van der Waals surface area contributed by atoms with Gasteiger partial charge in [-0.15, -0.1) is 0 Å². The number of rotatable bonds is 2. The summed E-state index contributed by atoms with van der Waals surface area (Å²) in [5, 5.41) is 14.0. The molecule has 7 nitrogen and oxygen atoms in total. The third-order valence-corrected chi connectivity index (χ3v) is 3.23. The van der Waals surface area contributed by atoms with Crippen molar-refractivity contribution >= 4 is 22.8 Å². The number of amides is 1. The molecular formula is C11H13N5O2. The van der Waals surface area contributed by atoms with Gasteiger partial charge in [-0.05, 0) is 0 Å². The van der Waals surface area contributed by atoms with E-state index in [1.54, 1.807) is 22.8 Å². The second-order valence-corrected chi connectivity index (χ2v) is 4.46. The van der Waals surface area contributed by atoms with E-state index in [-0.39, 0.29) is 18.4 Å². The summed E-state index contributed by atoms with van der Waals surface area (Å²) in [5.74, 6) is 0.547. The zero-order chi connectivity index (χ0) is 12.7. The third-order valence-electron chi connectivity index (χ3n) is 3.23. The SMILES string of the molecule is Cn1ncc2c(N3CC(CO)CC3=O)ncnc21. The number of anilines is 1. The standard InChI is InChI=1S/C11H13N5O2/c1-15-10-8(3-14-15)11(13-6-12-10)16-4-7(5-17)2-9(16)18/h3,6-7,17H,2,4-5H2,1H3. The van der Waals surface area contributed by atoms with Crippen LogP contribution in [0.4, 0.5) is 5.82 Å². The van der Waals surface area contributed by atoms with Crippen LogP contribution in [0, 0.1) is 5.92 Å².